The Morgan fingerprint density at radius 3 is 2.38 bits per heavy atom. The highest BCUT2D eigenvalue weighted by molar-refractivity contribution is 6.24. The minimum absolute atomic E-state index is 0.0937. The van der Waals surface area contributed by atoms with Gasteiger partial charge in [0.15, 0.2) is 0 Å². The number of phenolic OH excluding ortho intramolecular Hbond substituents is 1. The number of amides is 2. The molecule has 0 aromatic heterocycles. The third-order valence-corrected chi connectivity index (χ3v) is 5.75. The first-order valence-electron chi connectivity index (χ1n) is 9.55. The van der Waals surface area contributed by atoms with Gasteiger partial charge in [0.25, 0.3) is 0 Å². The van der Waals surface area contributed by atoms with Crippen molar-refractivity contribution in [3.63, 3.8) is 0 Å². The number of nitrogens with zero attached hydrogens (tertiary/aromatic N) is 1. The van der Waals surface area contributed by atoms with E-state index in [1.54, 1.807) is 56.3 Å². The second kappa shape index (κ2) is 7.00. The maximum atomic E-state index is 13.4. The molecule has 0 aliphatic carbocycles. The number of carbonyl (C=O) groups excluding carboxylic acids is 3. The number of fused-ring (bicyclic) bond motifs is 1. The van der Waals surface area contributed by atoms with Gasteiger partial charge in [-0.15, -0.1) is 0 Å². The molecule has 0 saturated carbocycles. The number of ether oxygens (including phenoxy) is 1. The van der Waals surface area contributed by atoms with Gasteiger partial charge in [0.2, 0.25) is 11.8 Å². The van der Waals surface area contributed by atoms with Gasteiger partial charge < -0.3 is 9.84 Å². The van der Waals surface area contributed by atoms with Crippen LogP contribution in [0.2, 0.25) is 0 Å². The van der Waals surface area contributed by atoms with Crippen molar-refractivity contribution in [1.29, 1.82) is 0 Å². The van der Waals surface area contributed by atoms with Crippen LogP contribution in [0.4, 0.5) is 5.69 Å². The predicted octanol–water partition coefficient (Wildman–Crippen LogP) is 2.16. The van der Waals surface area contributed by atoms with Crippen LogP contribution in [0.3, 0.4) is 0 Å². The topological polar surface area (TPSA) is 95.9 Å². The quantitative estimate of drug-likeness (QED) is 0.610. The van der Waals surface area contributed by atoms with Gasteiger partial charge in [0.1, 0.15) is 11.3 Å². The zero-order chi connectivity index (χ0) is 20.8. The number of anilines is 1. The Balaban J connectivity index is 1.81. The number of aromatic hydroxyl groups is 1. The third-order valence-electron chi connectivity index (χ3n) is 5.75. The lowest BCUT2D eigenvalue weighted by molar-refractivity contribution is -0.153. The summed E-state index contributed by atoms with van der Waals surface area (Å²) >= 11 is 0. The van der Waals surface area contributed by atoms with Crippen LogP contribution in [0.5, 0.6) is 5.75 Å². The molecule has 0 spiro atoms. The number of nitrogens with one attached hydrogen (secondary N) is 1. The maximum absolute atomic E-state index is 13.4. The lowest BCUT2D eigenvalue weighted by atomic mass is 9.80. The van der Waals surface area contributed by atoms with Crippen LogP contribution in [0.1, 0.15) is 25.5 Å². The molecule has 2 heterocycles. The van der Waals surface area contributed by atoms with Gasteiger partial charge in [0, 0.05) is 6.04 Å². The van der Waals surface area contributed by atoms with Crippen LogP contribution in [0, 0.1) is 11.8 Å². The molecule has 7 heteroatoms. The maximum Gasteiger partial charge on any atom is 0.326 e. The molecule has 0 unspecified atom stereocenters. The average molecular weight is 394 g/mol. The monoisotopic (exact) mass is 394 g/mol. The predicted molar refractivity (Wildman–Crippen MR) is 105 cm³/mol. The standard InChI is InChI=1S/C22H22N2O5/c1-3-29-21(28)22(2)17-16(18(23-22)13-9-11-15(25)12-10-13)19(26)24(20(17)27)14-7-5-4-6-8-14/h4-12,16-18,23,25H,3H2,1-2H3/t16-,17+,18+,22+/m0/s1. The van der Waals surface area contributed by atoms with Gasteiger partial charge in [-0.05, 0) is 43.7 Å². The minimum Gasteiger partial charge on any atom is -0.508 e. The Bertz CT molecular complexity index is 959. The van der Waals surface area contributed by atoms with Gasteiger partial charge in [-0.25, -0.2) is 4.90 Å². The molecular formula is C22H22N2O5. The van der Waals surface area contributed by atoms with E-state index in [-0.39, 0.29) is 18.3 Å². The van der Waals surface area contributed by atoms with Gasteiger partial charge >= 0.3 is 5.97 Å². The first-order valence-corrected chi connectivity index (χ1v) is 9.55. The lowest BCUT2D eigenvalue weighted by Crippen LogP contribution is -2.54. The third kappa shape index (κ3) is 2.89. The van der Waals surface area contributed by atoms with E-state index in [1.165, 1.54) is 17.0 Å². The molecule has 29 heavy (non-hydrogen) atoms. The van der Waals surface area contributed by atoms with Crippen LogP contribution >= 0.6 is 0 Å². The summed E-state index contributed by atoms with van der Waals surface area (Å²) in [6.07, 6.45) is 0. The number of carbonyl (C=O) groups is 3. The van der Waals surface area contributed by atoms with Crippen molar-refractivity contribution in [3.8, 4) is 5.75 Å². The first-order chi connectivity index (χ1) is 13.9. The molecule has 4 atom stereocenters. The fourth-order valence-electron chi connectivity index (χ4n) is 4.41. The molecule has 4 rings (SSSR count). The number of benzene rings is 2. The van der Waals surface area contributed by atoms with Crippen LogP contribution in [0.15, 0.2) is 54.6 Å². The number of hydrogen-bond donors (Lipinski definition) is 2. The van der Waals surface area contributed by atoms with Crippen LogP contribution in [-0.2, 0) is 19.1 Å². The van der Waals surface area contributed by atoms with Crippen LogP contribution < -0.4 is 10.2 Å². The fraction of sp³-hybridized carbons (Fsp3) is 0.318. The van der Waals surface area contributed by atoms with Crippen molar-refractivity contribution in [3.05, 3.63) is 60.2 Å². The van der Waals surface area contributed by atoms with Crippen molar-refractivity contribution in [2.75, 3.05) is 11.5 Å². The van der Waals surface area contributed by atoms with E-state index in [1.807, 2.05) is 0 Å². The molecule has 0 radical (unpaired) electrons. The summed E-state index contributed by atoms with van der Waals surface area (Å²) < 4.78 is 5.24. The Morgan fingerprint density at radius 1 is 1.10 bits per heavy atom. The number of rotatable bonds is 4. The van der Waals surface area contributed by atoms with E-state index in [2.05, 4.69) is 5.32 Å². The number of para-hydroxylation sites is 1. The van der Waals surface area contributed by atoms with Crippen molar-refractivity contribution < 1.29 is 24.2 Å². The molecular weight excluding hydrogens is 372 g/mol. The average Bonchev–Trinajstić information content (AvgIpc) is 3.17. The zero-order valence-electron chi connectivity index (χ0n) is 16.2. The molecule has 150 valence electrons. The number of esters is 1. The second-order valence-corrected chi connectivity index (χ2v) is 7.49. The molecule has 2 aromatic carbocycles. The summed E-state index contributed by atoms with van der Waals surface area (Å²) in [7, 11) is 0. The normalized spacial score (nSPS) is 28.5. The molecule has 2 aromatic rings. The van der Waals surface area contributed by atoms with Crippen molar-refractivity contribution in [2.45, 2.75) is 25.4 Å². The molecule has 2 aliphatic heterocycles. The molecule has 2 amide bonds. The van der Waals surface area contributed by atoms with E-state index in [0.717, 1.165) is 0 Å². The van der Waals surface area contributed by atoms with Crippen molar-refractivity contribution in [2.24, 2.45) is 11.8 Å². The summed E-state index contributed by atoms with van der Waals surface area (Å²) in [5.41, 5.74) is -0.158. The van der Waals surface area contributed by atoms with Gasteiger partial charge in [-0.3, -0.25) is 19.7 Å². The smallest absolute Gasteiger partial charge is 0.326 e. The number of imide groups is 1. The summed E-state index contributed by atoms with van der Waals surface area (Å²) in [4.78, 5) is 40.7. The molecule has 2 fully saturated rings. The van der Waals surface area contributed by atoms with Crippen molar-refractivity contribution in [1.82, 2.24) is 5.32 Å². The van der Waals surface area contributed by atoms with Gasteiger partial charge in [-0.2, -0.15) is 0 Å². The van der Waals surface area contributed by atoms with Crippen LogP contribution in [0.25, 0.3) is 0 Å². The number of hydrogen-bond acceptors (Lipinski definition) is 6. The summed E-state index contributed by atoms with van der Waals surface area (Å²) in [5, 5.41) is 12.8. The highest BCUT2D eigenvalue weighted by Crippen LogP contribution is 2.50. The second-order valence-electron chi connectivity index (χ2n) is 7.49. The molecule has 2 saturated heterocycles. The molecule has 2 N–H and O–H groups in total. The van der Waals surface area contributed by atoms with E-state index in [0.29, 0.717) is 11.3 Å². The highest BCUT2D eigenvalue weighted by atomic mass is 16.5. The van der Waals surface area contributed by atoms with E-state index in [4.69, 9.17) is 4.74 Å². The summed E-state index contributed by atoms with van der Waals surface area (Å²) in [5.74, 6) is -2.90. The summed E-state index contributed by atoms with van der Waals surface area (Å²) in [6.45, 7) is 3.48. The first kappa shape index (κ1) is 19.1. The lowest BCUT2D eigenvalue weighted by Gasteiger charge is -2.29. The van der Waals surface area contributed by atoms with E-state index < -0.39 is 35.3 Å². The largest absolute Gasteiger partial charge is 0.508 e. The van der Waals surface area contributed by atoms with E-state index >= 15 is 0 Å². The molecule has 2 aliphatic rings. The Kier molecular flexibility index (Phi) is 4.62. The van der Waals surface area contributed by atoms with Gasteiger partial charge in [-0.1, -0.05) is 30.3 Å². The van der Waals surface area contributed by atoms with Gasteiger partial charge in [0.05, 0.1) is 24.1 Å². The highest BCUT2D eigenvalue weighted by Gasteiger charge is 2.67. The Morgan fingerprint density at radius 2 is 1.76 bits per heavy atom. The SMILES string of the molecule is CCOC(=O)[C@]1(C)N[C@H](c2ccc(O)cc2)[C@H]2C(=O)N(c3ccccc3)C(=O)[C@@H]21. The number of phenols is 1. The van der Waals surface area contributed by atoms with E-state index in [9.17, 15) is 19.5 Å². The summed E-state index contributed by atoms with van der Waals surface area (Å²) in [6, 6.07) is 14.5. The Labute approximate surface area is 168 Å². The molecule has 0 bridgehead atoms. The zero-order valence-corrected chi connectivity index (χ0v) is 16.2. The Hall–Kier alpha value is -3.19. The van der Waals surface area contributed by atoms with Crippen LogP contribution in [-0.4, -0.2) is 35.0 Å². The minimum atomic E-state index is -1.35. The fourth-order valence-corrected chi connectivity index (χ4v) is 4.41. The molecule has 7 nitrogen and oxygen atoms in total. The van der Waals surface area contributed by atoms with Crippen molar-refractivity contribution >= 4 is 23.5 Å².